The van der Waals surface area contributed by atoms with Crippen LogP contribution < -0.4 is 5.73 Å². The summed E-state index contributed by atoms with van der Waals surface area (Å²) in [6.07, 6.45) is 32.3. The fraction of sp³-hybridized carbons (Fsp3) is 0.719. The molecule has 0 aromatic heterocycles. The number of hydrogen-bond acceptors (Lipinski definition) is 7. The van der Waals surface area contributed by atoms with Crippen molar-refractivity contribution in [1.29, 1.82) is 0 Å². The van der Waals surface area contributed by atoms with E-state index in [-0.39, 0.29) is 38.8 Å². The van der Waals surface area contributed by atoms with Gasteiger partial charge in [0, 0.05) is 19.6 Å². The zero-order valence-corrected chi connectivity index (χ0v) is 26.7. The number of phosphoric acid groups is 1. The van der Waals surface area contributed by atoms with Gasteiger partial charge in [0.05, 0.1) is 19.8 Å². The highest BCUT2D eigenvalue weighted by molar-refractivity contribution is 7.47. The highest BCUT2D eigenvalue weighted by atomic mass is 31.2. The Morgan fingerprint density at radius 1 is 0.756 bits per heavy atom. The van der Waals surface area contributed by atoms with Gasteiger partial charge < -0.3 is 20.1 Å². The smallest absolute Gasteiger partial charge is 0.457 e. The number of carbonyl (C=O) groups excluding carboxylic acids is 1. The number of unbranched alkanes of at least 4 members (excludes halogenated alkanes) is 8. The Labute approximate surface area is 250 Å². The molecule has 41 heavy (non-hydrogen) atoms. The minimum absolute atomic E-state index is 0.0957. The first-order valence-electron chi connectivity index (χ1n) is 15.6. The summed E-state index contributed by atoms with van der Waals surface area (Å²) in [5.74, 6) is -0.373. The van der Waals surface area contributed by atoms with E-state index >= 15 is 0 Å². The summed E-state index contributed by atoms with van der Waals surface area (Å²) in [6, 6.07) is 0. The Morgan fingerprint density at radius 2 is 1.34 bits per heavy atom. The summed E-state index contributed by atoms with van der Waals surface area (Å²) in [7, 11) is -4.25. The Bertz CT molecular complexity index is 767. The maximum atomic E-state index is 12.0. The van der Waals surface area contributed by atoms with Crippen LogP contribution in [0.3, 0.4) is 0 Å². The van der Waals surface area contributed by atoms with E-state index in [9.17, 15) is 14.3 Å². The van der Waals surface area contributed by atoms with Crippen molar-refractivity contribution < 1.29 is 32.8 Å². The van der Waals surface area contributed by atoms with Crippen molar-refractivity contribution in [2.45, 2.75) is 116 Å². The zero-order chi connectivity index (χ0) is 30.3. The van der Waals surface area contributed by atoms with Crippen LogP contribution in [0.4, 0.5) is 0 Å². The summed E-state index contributed by atoms with van der Waals surface area (Å²) < 4.78 is 32.6. The van der Waals surface area contributed by atoms with Crippen molar-refractivity contribution in [1.82, 2.24) is 0 Å². The molecule has 0 aromatic rings. The average Bonchev–Trinajstić information content (AvgIpc) is 2.96. The third kappa shape index (κ3) is 29.7. The van der Waals surface area contributed by atoms with E-state index in [2.05, 4.69) is 55.5 Å². The van der Waals surface area contributed by atoms with E-state index < -0.39 is 13.9 Å². The van der Waals surface area contributed by atoms with Crippen LogP contribution in [-0.2, 0) is 27.9 Å². The Morgan fingerprint density at radius 3 is 1.95 bits per heavy atom. The SMILES string of the molecule is CC/C=C\C/C=C\C/C=C\C/C=C\CCCCCCCCCOCC(COP(=O)(O)OCCN)OC(=O)CCCC. The first-order chi connectivity index (χ1) is 19.9. The van der Waals surface area contributed by atoms with Gasteiger partial charge in [-0.3, -0.25) is 13.8 Å². The molecule has 0 saturated heterocycles. The van der Waals surface area contributed by atoms with Gasteiger partial charge in [0.2, 0.25) is 0 Å². The molecule has 0 aromatic carbocycles. The fourth-order valence-electron chi connectivity index (χ4n) is 3.73. The molecular weight excluding hydrogens is 541 g/mol. The predicted octanol–water partition coefficient (Wildman–Crippen LogP) is 8.12. The molecule has 0 heterocycles. The van der Waals surface area contributed by atoms with Gasteiger partial charge >= 0.3 is 13.8 Å². The fourth-order valence-corrected chi connectivity index (χ4v) is 4.49. The van der Waals surface area contributed by atoms with Crippen LogP contribution in [0.15, 0.2) is 48.6 Å². The number of carbonyl (C=O) groups is 1. The predicted molar refractivity (Wildman–Crippen MR) is 169 cm³/mol. The van der Waals surface area contributed by atoms with Gasteiger partial charge in [-0.2, -0.15) is 0 Å². The largest absolute Gasteiger partial charge is 0.472 e. The average molecular weight is 600 g/mol. The first kappa shape index (κ1) is 39.5. The Hall–Kier alpha value is -1.54. The van der Waals surface area contributed by atoms with Gasteiger partial charge in [-0.15, -0.1) is 0 Å². The van der Waals surface area contributed by atoms with Gasteiger partial charge in [0.15, 0.2) is 0 Å². The van der Waals surface area contributed by atoms with Gasteiger partial charge in [-0.05, 0) is 51.4 Å². The molecule has 0 bridgehead atoms. The molecule has 0 spiro atoms. The minimum atomic E-state index is -4.25. The number of phosphoric ester groups is 1. The van der Waals surface area contributed by atoms with Gasteiger partial charge in [0.25, 0.3) is 0 Å². The number of rotatable bonds is 29. The lowest BCUT2D eigenvalue weighted by Gasteiger charge is -2.20. The van der Waals surface area contributed by atoms with Crippen molar-refractivity contribution in [3.8, 4) is 0 Å². The third-order valence-corrected chi connectivity index (χ3v) is 6.99. The molecule has 8 nitrogen and oxygen atoms in total. The Balaban J connectivity index is 3.85. The summed E-state index contributed by atoms with van der Waals surface area (Å²) in [5.41, 5.74) is 5.29. The monoisotopic (exact) mass is 599 g/mol. The number of esters is 1. The molecule has 2 unspecified atom stereocenters. The molecule has 0 radical (unpaired) electrons. The molecule has 0 aliphatic heterocycles. The molecule has 0 saturated carbocycles. The lowest BCUT2D eigenvalue weighted by Crippen LogP contribution is -2.28. The maximum Gasteiger partial charge on any atom is 0.472 e. The normalized spacial score (nSPS) is 14.5. The highest BCUT2D eigenvalue weighted by Crippen LogP contribution is 2.43. The van der Waals surface area contributed by atoms with Crippen LogP contribution in [0, 0.1) is 0 Å². The van der Waals surface area contributed by atoms with Crippen molar-refractivity contribution in [2.75, 3.05) is 33.0 Å². The van der Waals surface area contributed by atoms with Crippen molar-refractivity contribution >= 4 is 13.8 Å². The van der Waals surface area contributed by atoms with Gasteiger partial charge in [-0.25, -0.2) is 4.57 Å². The summed E-state index contributed by atoms with van der Waals surface area (Å²) in [6.45, 7) is 4.49. The molecule has 238 valence electrons. The second-order valence-electron chi connectivity index (χ2n) is 9.94. The minimum Gasteiger partial charge on any atom is -0.457 e. The van der Waals surface area contributed by atoms with Crippen molar-refractivity contribution in [2.24, 2.45) is 5.73 Å². The van der Waals surface area contributed by atoms with E-state index in [4.69, 9.17) is 24.3 Å². The van der Waals surface area contributed by atoms with Crippen LogP contribution in [0.25, 0.3) is 0 Å². The van der Waals surface area contributed by atoms with Gasteiger partial charge in [0.1, 0.15) is 6.10 Å². The van der Waals surface area contributed by atoms with Crippen LogP contribution in [0.1, 0.15) is 110 Å². The quantitative estimate of drug-likeness (QED) is 0.0383. The Kier molecular flexibility index (Phi) is 28.8. The lowest BCUT2D eigenvalue weighted by atomic mass is 10.1. The third-order valence-electron chi connectivity index (χ3n) is 6.01. The molecule has 0 rings (SSSR count). The second-order valence-corrected chi connectivity index (χ2v) is 11.4. The summed E-state index contributed by atoms with van der Waals surface area (Å²) >= 11 is 0. The second kappa shape index (κ2) is 29.9. The molecule has 0 fully saturated rings. The van der Waals surface area contributed by atoms with E-state index in [0.29, 0.717) is 6.61 Å². The lowest BCUT2D eigenvalue weighted by molar-refractivity contribution is -0.154. The van der Waals surface area contributed by atoms with E-state index in [1.807, 2.05) is 6.92 Å². The number of ether oxygens (including phenoxy) is 2. The number of allylic oxidation sites excluding steroid dienone is 8. The van der Waals surface area contributed by atoms with Crippen LogP contribution >= 0.6 is 7.82 Å². The standard InChI is InChI=1S/C32H58NO7P/c1-3-5-7-8-9-10-11-12-13-14-15-16-17-18-19-20-21-22-23-24-27-37-29-31(40-32(34)25-6-4-2)30-39-41(35,36)38-28-26-33/h5,7,9-10,12-13,15-16,31H,3-4,6,8,11,14,17-30,33H2,1-2H3,(H,35,36)/b7-5-,10-9-,13-12-,16-15-. The molecule has 0 amide bonds. The van der Waals surface area contributed by atoms with E-state index in [0.717, 1.165) is 64.2 Å². The van der Waals surface area contributed by atoms with Crippen LogP contribution in [0.2, 0.25) is 0 Å². The van der Waals surface area contributed by atoms with Crippen molar-refractivity contribution in [3.05, 3.63) is 48.6 Å². The summed E-state index contributed by atoms with van der Waals surface area (Å²) in [5, 5.41) is 0. The van der Waals surface area contributed by atoms with E-state index in [1.54, 1.807) is 0 Å². The summed E-state index contributed by atoms with van der Waals surface area (Å²) in [4.78, 5) is 21.7. The first-order valence-corrected chi connectivity index (χ1v) is 17.1. The molecular formula is C32H58NO7P. The number of hydrogen-bond donors (Lipinski definition) is 2. The molecule has 0 aliphatic rings. The maximum absolute atomic E-state index is 12.0. The zero-order valence-electron chi connectivity index (χ0n) is 25.8. The number of nitrogens with two attached hydrogens (primary N) is 1. The van der Waals surface area contributed by atoms with E-state index in [1.165, 1.54) is 25.7 Å². The van der Waals surface area contributed by atoms with Crippen molar-refractivity contribution in [3.63, 3.8) is 0 Å². The molecule has 2 atom stereocenters. The molecule has 0 aliphatic carbocycles. The topological polar surface area (TPSA) is 117 Å². The van der Waals surface area contributed by atoms with Crippen LogP contribution in [-0.4, -0.2) is 49.9 Å². The molecule has 3 N–H and O–H groups in total. The molecule has 9 heteroatoms. The van der Waals surface area contributed by atoms with Crippen LogP contribution in [0.5, 0.6) is 0 Å². The highest BCUT2D eigenvalue weighted by Gasteiger charge is 2.25. The van der Waals surface area contributed by atoms with Gasteiger partial charge in [-0.1, -0.05) is 101 Å².